The summed E-state index contributed by atoms with van der Waals surface area (Å²) in [6.45, 7) is 2.52. The Kier molecular flexibility index (Phi) is 9.87. The molecule has 1 N–H and O–H groups in total. The lowest BCUT2D eigenvalue weighted by Crippen LogP contribution is -2.49. The Hall–Kier alpha value is -2.71. The van der Waals surface area contributed by atoms with Crippen LogP contribution in [0, 0.1) is 0 Å². The molecule has 2 amide bonds. The summed E-state index contributed by atoms with van der Waals surface area (Å²) in [7, 11) is -0.521. The van der Waals surface area contributed by atoms with E-state index in [2.05, 4.69) is 5.32 Å². The van der Waals surface area contributed by atoms with Crippen LogP contribution in [0.25, 0.3) is 0 Å². The number of hydrogen-bond donors (Lipinski definition) is 1. The lowest BCUT2D eigenvalue weighted by molar-refractivity contribution is -0.140. The normalized spacial score (nSPS) is 12.4. The van der Waals surface area contributed by atoms with Crippen molar-refractivity contribution in [3.8, 4) is 0 Å². The molecule has 2 aromatic rings. The van der Waals surface area contributed by atoms with E-state index in [0.717, 1.165) is 5.56 Å². The summed E-state index contributed by atoms with van der Waals surface area (Å²) in [6.07, 6.45) is 1.68. The summed E-state index contributed by atoms with van der Waals surface area (Å²) in [5, 5.41) is 2.64. The maximum absolute atomic E-state index is 13.1. The Balaban J connectivity index is 2.02. The van der Waals surface area contributed by atoms with Gasteiger partial charge >= 0.3 is 0 Å². The second-order valence-electron chi connectivity index (χ2n) is 7.60. The molecule has 7 nitrogen and oxygen atoms in total. The fraction of sp³-hybridized carbons (Fsp3) is 0.417. The lowest BCUT2D eigenvalue weighted by Gasteiger charge is -2.30. The summed E-state index contributed by atoms with van der Waals surface area (Å²) in [4.78, 5) is 27.3. The molecule has 0 spiro atoms. The molecule has 0 fully saturated rings. The molecule has 0 aliphatic heterocycles. The lowest BCUT2D eigenvalue weighted by atomic mass is 10.1. The maximum atomic E-state index is 13.1. The molecule has 32 heavy (non-hydrogen) atoms. The zero-order valence-electron chi connectivity index (χ0n) is 19.0. The van der Waals surface area contributed by atoms with Gasteiger partial charge in [0.05, 0.1) is 4.90 Å². The Labute approximate surface area is 191 Å². The number of amides is 2. The van der Waals surface area contributed by atoms with Crippen molar-refractivity contribution in [1.29, 1.82) is 0 Å². The summed E-state index contributed by atoms with van der Waals surface area (Å²) in [5.41, 5.74) is 1.09. The molecule has 0 bridgehead atoms. The van der Waals surface area contributed by atoms with Crippen LogP contribution in [0.15, 0.2) is 65.6 Å². The van der Waals surface area contributed by atoms with Gasteiger partial charge in [-0.2, -0.15) is 0 Å². The van der Waals surface area contributed by atoms with E-state index in [-0.39, 0.29) is 29.7 Å². The van der Waals surface area contributed by atoms with E-state index in [9.17, 15) is 18.0 Å². The molecule has 1 unspecified atom stereocenters. The third-order valence-corrected chi connectivity index (χ3v) is 7.30. The predicted molar refractivity (Wildman–Crippen MR) is 125 cm³/mol. The number of hydrogen-bond acceptors (Lipinski definition) is 4. The van der Waals surface area contributed by atoms with Crippen LogP contribution in [0.1, 0.15) is 31.7 Å². The van der Waals surface area contributed by atoms with Crippen molar-refractivity contribution in [1.82, 2.24) is 14.5 Å². The molecule has 2 aromatic carbocycles. The zero-order valence-corrected chi connectivity index (χ0v) is 19.8. The highest BCUT2D eigenvalue weighted by Crippen LogP contribution is 2.15. The van der Waals surface area contributed by atoms with Gasteiger partial charge in [0.1, 0.15) is 6.04 Å². The zero-order chi connectivity index (χ0) is 23.6. The van der Waals surface area contributed by atoms with E-state index < -0.39 is 16.1 Å². The number of nitrogens with one attached hydrogen (secondary N) is 1. The van der Waals surface area contributed by atoms with Crippen molar-refractivity contribution in [2.24, 2.45) is 0 Å². The molecule has 0 saturated heterocycles. The van der Waals surface area contributed by atoms with Gasteiger partial charge in [-0.15, -0.1) is 0 Å². The highest BCUT2D eigenvalue weighted by molar-refractivity contribution is 7.89. The molecular weight excluding hydrogens is 426 g/mol. The highest BCUT2D eigenvalue weighted by Gasteiger charge is 2.28. The molecule has 0 heterocycles. The number of carbonyl (C=O) groups is 2. The van der Waals surface area contributed by atoms with Gasteiger partial charge in [0.2, 0.25) is 21.8 Å². The van der Waals surface area contributed by atoms with Crippen LogP contribution >= 0.6 is 0 Å². The van der Waals surface area contributed by atoms with Gasteiger partial charge in [0, 0.05) is 33.6 Å². The second kappa shape index (κ2) is 12.4. The van der Waals surface area contributed by atoms with Crippen LogP contribution in [0.3, 0.4) is 0 Å². The number of carbonyl (C=O) groups excluding carboxylic acids is 2. The van der Waals surface area contributed by atoms with Gasteiger partial charge in [-0.1, -0.05) is 55.5 Å². The Morgan fingerprint density at radius 2 is 1.56 bits per heavy atom. The Morgan fingerprint density at radius 3 is 2.12 bits per heavy atom. The largest absolute Gasteiger partial charge is 0.357 e. The minimum atomic E-state index is -3.60. The fourth-order valence-electron chi connectivity index (χ4n) is 3.55. The van der Waals surface area contributed by atoms with Crippen LogP contribution in [-0.2, 0) is 26.0 Å². The average molecular weight is 460 g/mol. The maximum Gasteiger partial charge on any atom is 0.242 e. The molecule has 8 heteroatoms. The van der Waals surface area contributed by atoms with Crippen molar-refractivity contribution in [2.45, 2.75) is 43.5 Å². The van der Waals surface area contributed by atoms with Crippen molar-refractivity contribution in [2.75, 3.05) is 27.2 Å². The summed E-state index contributed by atoms with van der Waals surface area (Å²) >= 11 is 0. The van der Waals surface area contributed by atoms with Gasteiger partial charge in [0.25, 0.3) is 0 Å². The van der Waals surface area contributed by atoms with E-state index >= 15 is 0 Å². The fourth-order valence-corrected chi connectivity index (χ4v) is 4.78. The average Bonchev–Trinajstić information content (AvgIpc) is 2.82. The number of benzene rings is 2. The summed E-state index contributed by atoms with van der Waals surface area (Å²) < 4.78 is 26.6. The first-order chi connectivity index (χ1) is 15.3. The van der Waals surface area contributed by atoms with Crippen molar-refractivity contribution >= 4 is 21.8 Å². The molecule has 0 aromatic heterocycles. The standard InChI is InChI=1S/C24H33N3O4S/c1-4-22(24(29)25-2)27(19-17-20-12-7-5-8-13-20)23(28)16-11-18-26(3)32(30,31)21-14-9-6-10-15-21/h5-10,12-15,22H,4,11,16-19H2,1-3H3,(H,25,29). The molecule has 0 aliphatic rings. The van der Waals surface area contributed by atoms with Gasteiger partial charge < -0.3 is 10.2 Å². The molecule has 2 rings (SSSR count). The predicted octanol–water partition coefficient (Wildman–Crippen LogP) is 2.68. The first kappa shape index (κ1) is 25.5. The van der Waals surface area contributed by atoms with E-state index in [0.29, 0.717) is 25.8 Å². The van der Waals surface area contributed by atoms with E-state index in [1.54, 1.807) is 42.3 Å². The smallest absolute Gasteiger partial charge is 0.242 e. The Bertz CT molecular complexity index is 965. The van der Waals surface area contributed by atoms with E-state index in [1.165, 1.54) is 11.4 Å². The quantitative estimate of drug-likeness (QED) is 0.529. The third-order valence-electron chi connectivity index (χ3n) is 5.43. The van der Waals surface area contributed by atoms with Crippen LogP contribution in [0.4, 0.5) is 0 Å². The molecule has 0 radical (unpaired) electrons. The van der Waals surface area contributed by atoms with Gasteiger partial charge in [0.15, 0.2) is 0 Å². The van der Waals surface area contributed by atoms with Gasteiger partial charge in [-0.3, -0.25) is 9.59 Å². The Morgan fingerprint density at radius 1 is 0.969 bits per heavy atom. The van der Waals surface area contributed by atoms with Crippen LogP contribution < -0.4 is 5.32 Å². The van der Waals surface area contributed by atoms with Crippen LogP contribution in [0.2, 0.25) is 0 Å². The van der Waals surface area contributed by atoms with Crippen molar-refractivity contribution < 1.29 is 18.0 Å². The number of sulfonamides is 1. The van der Waals surface area contributed by atoms with Gasteiger partial charge in [-0.25, -0.2) is 12.7 Å². The third kappa shape index (κ3) is 6.90. The number of nitrogens with zero attached hydrogens (tertiary/aromatic N) is 2. The van der Waals surface area contributed by atoms with Crippen molar-refractivity contribution in [3.05, 3.63) is 66.2 Å². The first-order valence-electron chi connectivity index (χ1n) is 10.9. The van der Waals surface area contributed by atoms with Gasteiger partial charge in [-0.05, 0) is 37.0 Å². The van der Waals surface area contributed by atoms with Crippen molar-refractivity contribution in [3.63, 3.8) is 0 Å². The SMILES string of the molecule is CCC(C(=O)NC)N(CCc1ccccc1)C(=O)CCCN(C)S(=O)(=O)c1ccccc1. The molecule has 0 saturated carbocycles. The highest BCUT2D eigenvalue weighted by atomic mass is 32.2. The molecule has 1 atom stereocenters. The van der Waals surface area contributed by atoms with Crippen LogP contribution in [0.5, 0.6) is 0 Å². The minimum Gasteiger partial charge on any atom is -0.357 e. The topological polar surface area (TPSA) is 86.8 Å². The monoisotopic (exact) mass is 459 g/mol. The van der Waals surface area contributed by atoms with Crippen LogP contribution in [-0.4, -0.2) is 62.7 Å². The minimum absolute atomic E-state index is 0.151. The number of rotatable bonds is 12. The van der Waals surface area contributed by atoms with E-state index in [1.807, 2.05) is 37.3 Å². The molecule has 174 valence electrons. The first-order valence-corrected chi connectivity index (χ1v) is 12.3. The van der Waals surface area contributed by atoms with E-state index in [4.69, 9.17) is 0 Å². The summed E-state index contributed by atoms with van der Waals surface area (Å²) in [5.74, 6) is -0.348. The number of likely N-dealkylation sites (N-methyl/N-ethyl adjacent to an activating group) is 1. The second-order valence-corrected chi connectivity index (χ2v) is 9.65. The molecular formula is C24H33N3O4S. The summed E-state index contributed by atoms with van der Waals surface area (Å²) in [6, 6.07) is 17.5. The molecule has 0 aliphatic carbocycles.